The maximum absolute atomic E-state index is 12.0. The van der Waals surface area contributed by atoms with Gasteiger partial charge in [-0.3, -0.25) is 9.78 Å². The number of rotatable bonds is 4. The Balaban J connectivity index is 1.50. The number of pyridine rings is 1. The number of amides is 1. The Bertz CT molecular complexity index is 682. The summed E-state index contributed by atoms with van der Waals surface area (Å²) < 4.78 is 6.05. The molecule has 2 aliphatic rings. The van der Waals surface area contributed by atoms with E-state index in [2.05, 4.69) is 22.5 Å². The minimum Gasteiger partial charge on any atom is -0.491 e. The van der Waals surface area contributed by atoms with Gasteiger partial charge in [0.15, 0.2) is 0 Å². The summed E-state index contributed by atoms with van der Waals surface area (Å²) >= 11 is 6.50. The van der Waals surface area contributed by atoms with Crippen molar-refractivity contribution < 1.29 is 9.53 Å². The van der Waals surface area contributed by atoms with Gasteiger partial charge in [-0.05, 0) is 49.0 Å². The van der Waals surface area contributed by atoms with Crippen molar-refractivity contribution in [3.63, 3.8) is 0 Å². The predicted octanol–water partition coefficient (Wildman–Crippen LogP) is 3.99. The highest BCUT2D eigenvalue weighted by Gasteiger charge is 2.29. The molecule has 5 heteroatoms. The molecule has 3 rings (SSSR count). The first kappa shape index (κ1) is 17.7. The van der Waals surface area contributed by atoms with Crippen LogP contribution in [0.15, 0.2) is 54.1 Å². The summed E-state index contributed by atoms with van der Waals surface area (Å²) in [4.78, 5) is 16.0. The lowest BCUT2D eigenvalue weighted by Crippen LogP contribution is -2.31. The van der Waals surface area contributed by atoms with Gasteiger partial charge in [0.25, 0.3) is 0 Å². The Morgan fingerprint density at radius 3 is 3.20 bits per heavy atom. The standard InChI is InChI=1S/C20H23ClN2O2/c21-18-8-4-2-1-3-7-16-12-17(25-20(16)18)14-23-19(24)10-9-15-6-5-11-22-13-15/h1,3,5-6,9-11,13,17-18H,2,4,7-8,12,14H2,(H,23,24)/b3-1?,10-9+. The second-order valence-electron chi connectivity index (χ2n) is 6.35. The first-order valence-corrected chi connectivity index (χ1v) is 9.19. The van der Waals surface area contributed by atoms with Crippen molar-refractivity contribution >= 4 is 23.6 Å². The Morgan fingerprint density at radius 1 is 1.44 bits per heavy atom. The monoisotopic (exact) mass is 358 g/mol. The van der Waals surface area contributed by atoms with Crippen LogP contribution in [0.25, 0.3) is 6.08 Å². The lowest BCUT2D eigenvalue weighted by Gasteiger charge is -2.16. The Morgan fingerprint density at radius 2 is 2.36 bits per heavy atom. The molecule has 2 heterocycles. The van der Waals surface area contributed by atoms with E-state index in [4.69, 9.17) is 16.3 Å². The van der Waals surface area contributed by atoms with Gasteiger partial charge < -0.3 is 10.1 Å². The zero-order valence-electron chi connectivity index (χ0n) is 14.2. The van der Waals surface area contributed by atoms with E-state index in [1.807, 2.05) is 12.1 Å². The van der Waals surface area contributed by atoms with Gasteiger partial charge >= 0.3 is 0 Å². The molecule has 0 spiro atoms. The van der Waals surface area contributed by atoms with Crippen LogP contribution in [-0.2, 0) is 9.53 Å². The average Bonchev–Trinajstić information content (AvgIpc) is 3.06. The lowest BCUT2D eigenvalue weighted by atomic mass is 10.0. The number of aromatic nitrogens is 1. The molecule has 1 N–H and O–H groups in total. The molecule has 132 valence electrons. The normalized spacial score (nSPS) is 23.6. The van der Waals surface area contributed by atoms with Crippen LogP contribution in [0, 0.1) is 0 Å². The van der Waals surface area contributed by atoms with Crippen LogP contribution in [-0.4, -0.2) is 28.9 Å². The van der Waals surface area contributed by atoms with Crippen LogP contribution in [0.2, 0.25) is 0 Å². The van der Waals surface area contributed by atoms with Crippen LogP contribution >= 0.6 is 11.6 Å². The minimum atomic E-state index is -0.133. The van der Waals surface area contributed by atoms with Gasteiger partial charge in [0.05, 0.1) is 11.9 Å². The quantitative estimate of drug-likeness (QED) is 0.503. The van der Waals surface area contributed by atoms with Gasteiger partial charge in [-0.15, -0.1) is 11.6 Å². The van der Waals surface area contributed by atoms with Crippen molar-refractivity contribution in [1.29, 1.82) is 0 Å². The molecule has 1 aromatic rings. The zero-order valence-corrected chi connectivity index (χ0v) is 14.9. The van der Waals surface area contributed by atoms with Crippen molar-refractivity contribution in [2.45, 2.75) is 43.6 Å². The Hall–Kier alpha value is -2.07. The fourth-order valence-corrected chi connectivity index (χ4v) is 3.44. The van der Waals surface area contributed by atoms with E-state index in [0.717, 1.165) is 43.4 Å². The van der Waals surface area contributed by atoms with Gasteiger partial charge in [0, 0.05) is 24.9 Å². The summed E-state index contributed by atoms with van der Waals surface area (Å²) in [6.07, 6.45) is 15.9. The molecule has 1 aliphatic carbocycles. The van der Waals surface area contributed by atoms with Crippen molar-refractivity contribution in [3.05, 3.63) is 59.7 Å². The third-order valence-corrected chi connectivity index (χ3v) is 4.79. The highest BCUT2D eigenvalue weighted by atomic mass is 35.5. The molecule has 1 aliphatic heterocycles. The van der Waals surface area contributed by atoms with Crippen molar-refractivity contribution in [3.8, 4) is 0 Å². The molecule has 0 bridgehead atoms. The number of ether oxygens (including phenoxy) is 1. The molecule has 2 atom stereocenters. The van der Waals surface area contributed by atoms with E-state index >= 15 is 0 Å². The molecular weight excluding hydrogens is 336 g/mol. The highest BCUT2D eigenvalue weighted by molar-refractivity contribution is 6.22. The fraction of sp³-hybridized carbons (Fsp3) is 0.400. The molecule has 0 saturated heterocycles. The molecule has 2 unspecified atom stereocenters. The minimum absolute atomic E-state index is 0.0326. The third kappa shape index (κ3) is 5.20. The third-order valence-electron chi connectivity index (χ3n) is 4.38. The number of allylic oxidation sites excluding steroid dienone is 3. The smallest absolute Gasteiger partial charge is 0.244 e. The number of hydrogen-bond donors (Lipinski definition) is 1. The molecule has 0 aromatic carbocycles. The highest BCUT2D eigenvalue weighted by Crippen LogP contribution is 2.34. The number of alkyl halides is 1. The zero-order chi connectivity index (χ0) is 17.5. The van der Waals surface area contributed by atoms with Crippen LogP contribution in [0.5, 0.6) is 0 Å². The second kappa shape index (κ2) is 8.86. The average molecular weight is 359 g/mol. The molecule has 0 radical (unpaired) electrons. The number of carbonyl (C=O) groups excluding carboxylic acids is 1. The van der Waals surface area contributed by atoms with Crippen LogP contribution in [0.4, 0.5) is 0 Å². The number of halogens is 1. The SMILES string of the molecule is O=C(/C=C/c1cccnc1)NCC1CC2=C(O1)C(Cl)CCCC=CC2. The fourth-order valence-electron chi connectivity index (χ4n) is 3.08. The number of hydrogen-bond acceptors (Lipinski definition) is 3. The van der Waals surface area contributed by atoms with Gasteiger partial charge in [-0.25, -0.2) is 0 Å². The van der Waals surface area contributed by atoms with E-state index in [1.54, 1.807) is 18.5 Å². The second-order valence-corrected chi connectivity index (χ2v) is 6.88. The van der Waals surface area contributed by atoms with E-state index in [0.29, 0.717) is 6.54 Å². The Labute approximate surface area is 153 Å². The largest absolute Gasteiger partial charge is 0.491 e. The van der Waals surface area contributed by atoms with E-state index in [-0.39, 0.29) is 17.4 Å². The number of nitrogens with one attached hydrogen (secondary N) is 1. The summed E-state index contributed by atoms with van der Waals surface area (Å²) in [6, 6.07) is 3.74. The predicted molar refractivity (Wildman–Crippen MR) is 100 cm³/mol. The van der Waals surface area contributed by atoms with E-state index in [9.17, 15) is 4.79 Å². The van der Waals surface area contributed by atoms with E-state index < -0.39 is 0 Å². The summed E-state index contributed by atoms with van der Waals surface area (Å²) in [7, 11) is 0. The summed E-state index contributed by atoms with van der Waals surface area (Å²) in [5.41, 5.74) is 2.16. The van der Waals surface area contributed by atoms with Gasteiger partial charge in [-0.1, -0.05) is 18.2 Å². The van der Waals surface area contributed by atoms with Crippen molar-refractivity contribution in [1.82, 2.24) is 10.3 Å². The number of carbonyl (C=O) groups is 1. The number of nitrogens with zero attached hydrogens (tertiary/aromatic N) is 1. The topological polar surface area (TPSA) is 51.2 Å². The van der Waals surface area contributed by atoms with Gasteiger partial charge in [-0.2, -0.15) is 0 Å². The maximum Gasteiger partial charge on any atom is 0.244 e. The molecule has 1 amide bonds. The van der Waals surface area contributed by atoms with Crippen LogP contribution < -0.4 is 5.32 Å². The first-order valence-electron chi connectivity index (χ1n) is 8.76. The van der Waals surface area contributed by atoms with E-state index in [1.165, 1.54) is 11.6 Å². The lowest BCUT2D eigenvalue weighted by molar-refractivity contribution is -0.116. The van der Waals surface area contributed by atoms with Gasteiger partial charge in [0.2, 0.25) is 5.91 Å². The maximum atomic E-state index is 12.0. The molecule has 25 heavy (non-hydrogen) atoms. The van der Waals surface area contributed by atoms with Crippen molar-refractivity contribution in [2.24, 2.45) is 0 Å². The molecule has 1 aromatic heterocycles. The van der Waals surface area contributed by atoms with Crippen molar-refractivity contribution in [2.75, 3.05) is 6.54 Å². The molecular formula is C20H23ClN2O2. The van der Waals surface area contributed by atoms with Crippen LogP contribution in [0.1, 0.15) is 37.7 Å². The van der Waals surface area contributed by atoms with Crippen LogP contribution in [0.3, 0.4) is 0 Å². The molecule has 4 nitrogen and oxygen atoms in total. The molecule has 0 saturated carbocycles. The summed E-state index contributed by atoms with van der Waals surface area (Å²) in [6.45, 7) is 0.483. The summed E-state index contributed by atoms with van der Waals surface area (Å²) in [5, 5.41) is 2.85. The van der Waals surface area contributed by atoms with Gasteiger partial charge in [0.1, 0.15) is 11.9 Å². The summed E-state index contributed by atoms with van der Waals surface area (Å²) in [5.74, 6) is 0.796. The molecule has 0 fully saturated rings. The Kier molecular flexibility index (Phi) is 6.29. The first-order chi connectivity index (χ1) is 12.2.